The number of amides is 2. The second kappa shape index (κ2) is 23.0. The van der Waals surface area contributed by atoms with Crippen LogP contribution in [0.15, 0.2) is 22.0 Å². The Morgan fingerprint density at radius 1 is 0.613 bits per heavy atom. The van der Waals surface area contributed by atoms with E-state index in [9.17, 15) is 61.5 Å². The van der Waals surface area contributed by atoms with E-state index in [2.05, 4.69) is 9.97 Å². The zero-order valence-electron chi connectivity index (χ0n) is 33.6. The highest BCUT2D eigenvalue weighted by Crippen LogP contribution is 2.34. The third-order valence-corrected chi connectivity index (χ3v) is 7.34. The summed E-state index contributed by atoms with van der Waals surface area (Å²) in [6.07, 6.45) is -8.49. The average Bonchev–Trinajstić information content (AvgIpc) is 3.62. The molecule has 5 N–H and O–H groups in total. The van der Waals surface area contributed by atoms with E-state index in [4.69, 9.17) is 54.1 Å². The number of carbonyl (C=O) groups excluding carboxylic acids is 9. The van der Waals surface area contributed by atoms with Crippen LogP contribution in [-0.2, 0) is 76.2 Å². The summed E-state index contributed by atoms with van der Waals surface area (Å²) < 4.78 is 72.5. The van der Waals surface area contributed by atoms with Gasteiger partial charge in [-0.2, -0.15) is 8.78 Å². The molecule has 8 atom stereocenters. The third kappa shape index (κ3) is 15.4. The van der Waals surface area contributed by atoms with Crippen LogP contribution in [0.25, 0.3) is 0 Å². The minimum atomic E-state index is -1.54. The molecule has 2 aromatic rings. The van der Waals surface area contributed by atoms with Crippen LogP contribution in [0.4, 0.5) is 8.78 Å². The Labute approximate surface area is 346 Å². The predicted molar refractivity (Wildman–Crippen MR) is 190 cm³/mol. The van der Waals surface area contributed by atoms with E-state index < -0.39 is 144 Å². The fourth-order valence-electron chi connectivity index (χ4n) is 5.23. The second-order valence-corrected chi connectivity index (χ2v) is 12.4. The molecule has 0 bridgehead atoms. The molecule has 0 saturated carbocycles. The molecule has 4 rings (SSSR count). The number of esters is 7. The normalized spacial score (nSPS) is 22.1. The number of rotatable bonds is 12. The average molecular weight is 891 g/mol. The number of H-pyrrole nitrogens is 1. The standard InChI is InChI=1S/C16H18FN3O9.C13H18O9.C5H4FN3O2/c1-6(21)26-5-9-12(27-7(2)22)13(28-8(3)23)16(29-9)20-4-10(17)19-11(14(18)24)15(20)25;1-6(14)18-5-10-11(19-7(2)15)12(20-8(3)16)13(22-10)21-9(4)17;6-2-1-8-5(11)3(9-2)4(7)10/h4,9,12-13,16H,5H2,1-3H3,(H2,18,24);10-13H,5H2,1-4H3;1H,(H2,7,10)(H,8,11)/t9-,12-,13?,16-;10-,11-,12?,13?;/m11./s1. The van der Waals surface area contributed by atoms with Crippen molar-refractivity contribution in [2.45, 2.75) is 97.6 Å². The highest BCUT2D eigenvalue weighted by atomic mass is 19.1. The van der Waals surface area contributed by atoms with Crippen LogP contribution >= 0.6 is 0 Å². The lowest BCUT2D eigenvalue weighted by atomic mass is 10.1. The molecule has 4 heterocycles. The Bertz CT molecular complexity index is 2160. The van der Waals surface area contributed by atoms with E-state index in [1.165, 1.54) is 6.92 Å². The van der Waals surface area contributed by atoms with Crippen molar-refractivity contribution in [3.05, 3.63) is 56.4 Å². The molecule has 26 nitrogen and oxygen atoms in total. The predicted octanol–water partition coefficient (Wildman–Crippen LogP) is -2.49. The first-order chi connectivity index (χ1) is 28.8. The van der Waals surface area contributed by atoms with Crippen LogP contribution in [0.5, 0.6) is 0 Å². The van der Waals surface area contributed by atoms with Crippen LogP contribution < -0.4 is 22.6 Å². The molecule has 2 amide bonds. The van der Waals surface area contributed by atoms with Gasteiger partial charge in [0.05, 0.1) is 12.4 Å². The van der Waals surface area contributed by atoms with Gasteiger partial charge in [0.15, 0.2) is 35.9 Å². The van der Waals surface area contributed by atoms with Crippen LogP contribution in [0.2, 0.25) is 0 Å². The first-order valence-corrected chi connectivity index (χ1v) is 17.4. The van der Waals surface area contributed by atoms with Crippen molar-refractivity contribution in [2.24, 2.45) is 11.5 Å². The van der Waals surface area contributed by atoms with Crippen LogP contribution in [0.3, 0.4) is 0 Å². The lowest BCUT2D eigenvalue weighted by Gasteiger charge is -2.24. The van der Waals surface area contributed by atoms with E-state index in [1.807, 2.05) is 4.98 Å². The summed E-state index contributed by atoms with van der Waals surface area (Å²) in [4.78, 5) is 132. The maximum Gasteiger partial charge on any atom is 0.305 e. The van der Waals surface area contributed by atoms with Gasteiger partial charge in [-0.1, -0.05) is 0 Å². The zero-order valence-corrected chi connectivity index (χ0v) is 33.6. The molecule has 340 valence electrons. The van der Waals surface area contributed by atoms with E-state index in [-0.39, 0.29) is 6.61 Å². The SMILES string of the molecule is CC(=O)OC[C@H]1OC(OC(C)=O)C(OC(C)=O)[C@@H]1OC(C)=O.CC(=O)OC[C@H]1O[C@@H](n2cc(F)nc(C(N)=O)c2=O)C(OC(C)=O)[C@@H]1OC(C)=O.NC(=O)c1nc(F)c[nH]c1=O. The maximum atomic E-state index is 13.9. The number of ether oxygens (including phenoxy) is 9. The van der Waals surface area contributed by atoms with Gasteiger partial charge < -0.3 is 59.1 Å². The van der Waals surface area contributed by atoms with Gasteiger partial charge >= 0.3 is 41.8 Å². The largest absolute Gasteiger partial charge is 0.463 e. The second-order valence-electron chi connectivity index (χ2n) is 12.4. The quantitative estimate of drug-likeness (QED) is 0.147. The summed E-state index contributed by atoms with van der Waals surface area (Å²) in [7, 11) is 0. The third-order valence-electron chi connectivity index (χ3n) is 7.34. The Balaban J connectivity index is 0.000000352. The Morgan fingerprint density at radius 2 is 1.03 bits per heavy atom. The number of nitrogens with one attached hydrogen (secondary N) is 1. The van der Waals surface area contributed by atoms with Gasteiger partial charge in [-0.3, -0.25) is 57.3 Å². The van der Waals surface area contributed by atoms with E-state index in [0.29, 0.717) is 10.8 Å². The van der Waals surface area contributed by atoms with Crippen molar-refractivity contribution in [1.82, 2.24) is 19.5 Å². The lowest BCUT2D eigenvalue weighted by Crippen LogP contribution is -2.42. The van der Waals surface area contributed by atoms with Gasteiger partial charge in [0.2, 0.25) is 24.3 Å². The van der Waals surface area contributed by atoms with Gasteiger partial charge in [0, 0.05) is 48.5 Å². The van der Waals surface area contributed by atoms with Crippen LogP contribution in [0, 0.1) is 11.9 Å². The molecular formula is C34H40F2N6O20. The Kier molecular flexibility index (Phi) is 18.8. The zero-order chi connectivity index (χ0) is 47.2. The lowest BCUT2D eigenvalue weighted by molar-refractivity contribution is -0.197. The Morgan fingerprint density at radius 3 is 1.47 bits per heavy atom. The fraction of sp³-hybridized carbons (Fsp3) is 0.500. The molecule has 2 aliphatic heterocycles. The number of aromatic nitrogens is 4. The summed E-state index contributed by atoms with van der Waals surface area (Å²) in [6, 6.07) is 0. The number of hydrogen-bond donors (Lipinski definition) is 3. The number of nitrogens with two attached hydrogens (primary N) is 2. The number of hydrogen-bond acceptors (Lipinski definition) is 22. The highest BCUT2D eigenvalue weighted by Gasteiger charge is 2.52. The minimum absolute atomic E-state index is 0.247. The first-order valence-electron chi connectivity index (χ1n) is 17.4. The van der Waals surface area contributed by atoms with Crippen LogP contribution in [0.1, 0.15) is 75.7 Å². The summed E-state index contributed by atoms with van der Waals surface area (Å²) in [6.45, 7) is 7.23. The monoisotopic (exact) mass is 890 g/mol. The summed E-state index contributed by atoms with van der Waals surface area (Å²) in [5, 5.41) is 0. The summed E-state index contributed by atoms with van der Waals surface area (Å²) in [5.74, 6) is -9.37. The molecule has 3 unspecified atom stereocenters. The van der Waals surface area contributed by atoms with Gasteiger partial charge in [0.1, 0.15) is 25.4 Å². The molecule has 2 aromatic heterocycles. The molecule has 28 heteroatoms. The highest BCUT2D eigenvalue weighted by molar-refractivity contribution is 5.90. The van der Waals surface area contributed by atoms with Crippen LogP contribution in [-0.4, -0.2) is 129 Å². The number of aromatic amines is 1. The number of primary amides is 2. The van der Waals surface area contributed by atoms with Gasteiger partial charge in [0.25, 0.3) is 22.9 Å². The van der Waals surface area contributed by atoms with Crippen molar-refractivity contribution in [2.75, 3.05) is 13.2 Å². The molecule has 0 aromatic carbocycles. The number of nitrogens with zero attached hydrogens (tertiary/aromatic N) is 3. The van der Waals surface area contributed by atoms with E-state index in [1.54, 1.807) is 0 Å². The molecule has 2 fully saturated rings. The first kappa shape index (κ1) is 50.9. The number of halogens is 2. The summed E-state index contributed by atoms with van der Waals surface area (Å²) >= 11 is 0. The van der Waals surface area contributed by atoms with Crippen molar-refractivity contribution in [3.8, 4) is 0 Å². The van der Waals surface area contributed by atoms with Crippen molar-refractivity contribution in [1.29, 1.82) is 0 Å². The van der Waals surface area contributed by atoms with E-state index >= 15 is 0 Å². The number of carbonyl (C=O) groups is 9. The smallest absolute Gasteiger partial charge is 0.305 e. The van der Waals surface area contributed by atoms with Gasteiger partial charge in [-0.05, 0) is 0 Å². The topological polar surface area (TPSA) is 369 Å². The fourth-order valence-corrected chi connectivity index (χ4v) is 5.23. The molecular weight excluding hydrogens is 850 g/mol. The molecule has 0 radical (unpaired) electrons. The van der Waals surface area contributed by atoms with E-state index in [0.717, 1.165) is 47.7 Å². The van der Waals surface area contributed by atoms with Crippen molar-refractivity contribution >= 4 is 53.6 Å². The molecule has 62 heavy (non-hydrogen) atoms. The van der Waals surface area contributed by atoms with Gasteiger partial charge in [-0.25, -0.2) is 9.97 Å². The molecule has 0 spiro atoms. The maximum absolute atomic E-state index is 13.9. The van der Waals surface area contributed by atoms with Crippen molar-refractivity contribution in [3.63, 3.8) is 0 Å². The van der Waals surface area contributed by atoms with Crippen molar-refractivity contribution < 1.29 is 94.6 Å². The van der Waals surface area contributed by atoms with Gasteiger partial charge in [-0.15, -0.1) is 0 Å². The summed E-state index contributed by atoms with van der Waals surface area (Å²) in [5.41, 5.74) is 6.27. The molecule has 0 aliphatic carbocycles. The molecule has 2 saturated heterocycles. The minimum Gasteiger partial charge on any atom is -0.463 e. The Hall–Kier alpha value is -7.23. The molecule has 2 aliphatic rings.